The molecule has 3 aromatic rings. The van der Waals surface area contributed by atoms with Crippen LogP contribution in [0.3, 0.4) is 0 Å². The van der Waals surface area contributed by atoms with Crippen LogP contribution in [-0.2, 0) is 17.9 Å². The van der Waals surface area contributed by atoms with Crippen molar-refractivity contribution in [3.8, 4) is 11.5 Å². The number of hydrogen-bond acceptors (Lipinski definition) is 4. The number of likely N-dealkylation sites (tertiary alicyclic amines) is 1. The van der Waals surface area contributed by atoms with E-state index in [0.717, 1.165) is 42.8 Å². The number of ether oxygens (including phenoxy) is 2. The maximum Gasteiger partial charge on any atom is 0.224 e. The number of rotatable bonds is 7. The number of imidazole rings is 1. The van der Waals surface area contributed by atoms with Crippen molar-refractivity contribution < 1.29 is 14.3 Å². The minimum absolute atomic E-state index is 0.228. The first-order valence-electron chi connectivity index (χ1n) is 10.7. The Hall–Kier alpha value is -3.02. The van der Waals surface area contributed by atoms with E-state index < -0.39 is 0 Å². The van der Waals surface area contributed by atoms with E-state index in [4.69, 9.17) is 14.5 Å². The van der Waals surface area contributed by atoms with Crippen LogP contribution in [0.5, 0.6) is 11.5 Å². The second-order valence-corrected chi connectivity index (χ2v) is 7.65. The Morgan fingerprint density at radius 2 is 1.67 bits per heavy atom. The molecule has 0 aliphatic carbocycles. The van der Waals surface area contributed by atoms with Gasteiger partial charge in [-0.15, -0.1) is 0 Å². The molecule has 0 N–H and O–H groups in total. The fourth-order valence-corrected chi connectivity index (χ4v) is 4.05. The summed E-state index contributed by atoms with van der Waals surface area (Å²) in [6, 6.07) is 15.6. The summed E-state index contributed by atoms with van der Waals surface area (Å²) in [5.74, 6) is 2.41. The van der Waals surface area contributed by atoms with Gasteiger partial charge in [-0.25, -0.2) is 4.98 Å². The van der Waals surface area contributed by atoms with Crippen molar-refractivity contribution in [3.63, 3.8) is 0 Å². The first-order valence-corrected chi connectivity index (χ1v) is 10.7. The number of aromatic nitrogens is 2. The van der Waals surface area contributed by atoms with Gasteiger partial charge in [-0.2, -0.15) is 0 Å². The molecule has 158 valence electrons. The summed E-state index contributed by atoms with van der Waals surface area (Å²) in [7, 11) is 1.63. The van der Waals surface area contributed by atoms with Crippen LogP contribution in [0.2, 0.25) is 0 Å². The third-order valence-corrected chi connectivity index (χ3v) is 5.67. The number of aryl methyl sites for hydroxylation is 1. The number of para-hydroxylation sites is 4. The van der Waals surface area contributed by atoms with Gasteiger partial charge < -0.3 is 18.9 Å². The van der Waals surface area contributed by atoms with Crippen molar-refractivity contribution in [1.29, 1.82) is 0 Å². The van der Waals surface area contributed by atoms with E-state index in [1.165, 1.54) is 12.8 Å². The molecule has 1 amide bonds. The lowest BCUT2D eigenvalue weighted by Crippen LogP contribution is -2.32. The van der Waals surface area contributed by atoms with Gasteiger partial charge in [-0.1, -0.05) is 37.1 Å². The van der Waals surface area contributed by atoms with Crippen molar-refractivity contribution in [2.24, 2.45) is 0 Å². The molecule has 6 nitrogen and oxygen atoms in total. The van der Waals surface area contributed by atoms with Gasteiger partial charge in [0, 0.05) is 26.1 Å². The summed E-state index contributed by atoms with van der Waals surface area (Å²) in [6.45, 7) is 2.67. The van der Waals surface area contributed by atoms with E-state index in [2.05, 4.69) is 4.57 Å². The largest absolute Gasteiger partial charge is 0.493 e. The Balaban J connectivity index is 1.50. The number of methoxy groups -OCH3 is 1. The van der Waals surface area contributed by atoms with Crippen molar-refractivity contribution in [3.05, 3.63) is 54.4 Å². The van der Waals surface area contributed by atoms with Gasteiger partial charge in [-0.3, -0.25) is 4.79 Å². The topological polar surface area (TPSA) is 56.6 Å². The number of fused-ring (bicyclic) bond motifs is 1. The predicted molar refractivity (Wildman–Crippen MR) is 117 cm³/mol. The number of nitrogens with zero attached hydrogens (tertiary/aromatic N) is 3. The van der Waals surface area contributed by atoms with Gasteiger partial charge in [-0.05, 0) is 37.1 Å². The van der Waals surface area contributed by atoms with E-state index in [-0.39, 0.29) is 5.91 Å². The minimum Gasteiger partial charge on any atom is -0.493 e. The molecule has 2 aromatic carbocycles. The predicted octanol–water partition coefficient (Wildman–Crippen LogP) is 4.42. The van der Waals surface area contributed by atoms with E-state index in [1.807, 2.05) is 53.4 Å². The van der Waals surface area contributed by atoms with Crippen LogP contribution in [0.1, 0.15) is 37.9 Å². The molecular formula is C24H29N3O3. The number of carbonyl (C=O) groups is 1. The Morgan fingerprint density at radius 1 is 0.967 bits per heavy atom. The second kappa shape index (κ2) is 9.65. The highest BCUT2D eigenvalue weighted by Crippen LogP contribution is 2.27. The first-order chi connectivity index (χ1) is 14.8. The molecule has 0 spiro atoms. The Bertz CT molecular complexity index is 990. The molecule has 1 aromatic heterocycles. The zero-order valence-electron chi connectivity index (χ0n) is 17.5. The Kier molecular flexibility index (Phi) is 6.52. The maximum absolute atomic E-state index is 12.8. The zero-order valence-corrected chi connectivity index (χ0v) is 17.5. The molecule has 1 saturated heterocycles. The third kappa shape index (κ3) is 4.58. The number of benzene rings is 2. The van der Waals surface area contributed by atoms with E-state index in [1.54, 1.807) is 7.11 Å². The average molecular weight is 408 g/mol. The van der Waals surface area contributed by atoms with Crippen LogP contribution in [-0.4, -0.2) is 40.6 Å². The van der Waals surface area contributed by atoms with E-state index in [0.29, 0.717) is 31.1 Å². The molecule has 6 heteroatoms. The van der Waals surface area contributed by atoms with Crippen molar-refractivity contribution in [2.75, 3.05) is 20.2 Å². The number of hydrogen-bond donors (Lipinski definition) is 0. The lowest BCUT2D eigenvalue weighted by Gasteiger charge is -2.20. The molecule has 1 fully saturated rings. The van der Waals surface area contributed by atoms with Gasteiger partial charge in [0.15, 0.2) is 11.5 Å². The third-order valence-electron chi connectivity index (χ3n) is 5.67. The molecule has 0 atom stereocenters. The molecule has 0 unspecified atom stereocenters. The highest BCUT2D eigenvalue weighted by molar-refractivity contribution is 5.78. The molecule has 4 rings (SSSR count). The number of carbonyl (C=O) groups excluding carboxylic acids is 1. The minimum atomic E-state index is 0.228. The lowest BCUT2D eigenvalue weighted by atomic mass is 10.2. The van der Waals surface area contributed by atoms with Gasteiger partial charge in [0.2, 0.25) is 5.91 Å². The molecule has 2 heterocycles. The molecule has 1 aliphatic rings. The molecular weight excluding hydrogens is 378 g/mol. The van der Waals surface area contributed by atoms with E-state index >= 15 is 0 Å². The summed E-state index contributed by atoms with van der Waals surface area (Å²) in [4.78, 5) is 19.6. The summed E-state index contributed by atoms with van der Waals surface area (Å²) in [5.41, 5.74) is 1.94. The first kappa shape index (κ1) is 20.3. The fraction of sp³-hybridized carbons (Fsp3) is 0.417. The summed E-state index contributed by atoms with van der Waals surface area (Å²) in [6.07, 6.45) is 5.14. The van der Waals surface area contributed by atoms with Crippen molar-refractivity contribution in [2.45, 2.75) is 45.3 Å². The second-order valence-electron chi connectivity index (χ2n) is 7.65. The summed E-state index contributed by atoms with van der Waals surface area (Å²) in [5, 5.41) is 0. The van der Waals surface area contributed by atoms with E-state index in [9.17, 15) is 4.79 Å². The normalized spacial score (nSPS) is 14.5. The van der Waals surface area contributed by atoms with Crippen molar-refractivity contribution in [1.82, 2.24) is 14.5 Å². The standard InChI is InChI=1S/C24H29N3O3/c1-29-21-12-6-7-13-22(21)30-18-23-25-19-10-4-5-11-20(19)27(23)17-14-24(28)26-15-8-2-3-9-16-26/h4-7,10-13H,2-3,8-9,14-18H2,1H3. The summed E-state index contributed by atoms with van der Waals surface area (Å²) < 4.78 is 13.5. The monoisotopic (exact) mass is 407 g/mol. The van der Waals surface area contributed by atoms with Crippen LogP contribution in [0.4, 0.5) is 0 Å². The zero-order chi connectivity index (χ0) is 20.8. The molecule has 1 aliphatic heterocycles. The van der Waals surface area contributed by atoms with Crippen LogP contribution >= 0.6 is 0 Å². The quantitative estimate of drug-likeness (QED) is 0.582. The van der Waals surface area contributed by atoms with Gasteiger partial charge in [0.25, 0.3) is 0 Å². The highest BCUT2D eigenvalue weighted by Gasteiger charge is 2.18. The molecule has 0 bridgehead atoms. The van der Waals surface area contributed by atoms with Gasteiger partial charge >= 0.3 is 0 Å². The molecule has 0 radical (unpaired) electrons. The molecule has 0 saturated carbocycles. The van der Waals surface area contributed by atoms with Crippen molar-refractivity contribution >= 4 is 16.9 Å². The fourth-order valence-electron chi connectivity index (χ4n) is 4.05. The van der Waals surface area contributed by atoms with Crippen LogP contribution in [0.25, 0.3) is 11.0 Å². The Morgan fingerprint density at radius 3 is 2.43 bits per heavy atom. The summed E-state index contributed by atoms with van der Waals surface area (Å²) >= 11 is 0. The van der Waals surface area contributed by atoms with Gasteiger partial charge in [0.05, 0.1) is 18.1 Å². The lowest BCUT2D eigenvalue weighted by molar-refractivity contribution is -0.131. The average Bonchev–Trinajstić information content (AvgIpc) is 2.93. The van der Waals surface area contributed by atoms with Crippen LogP contribution in [0.15, 0.2) is 48.5 Å². The smallest absolute Gasteiger partial charge is 0.224 e. The van der Waals surface area contributed by atoms with Crippen LogP contribution < -0.4 is 9.47 Å². The SMILES string of the molecule is COc1ccccc1OCc1nc2ccccc2n1CCC(=O)N1CCCCCC1. The van der Waals surface area contributed by atoms with Gasteiger partial charge in [0.1, 0.15) is 12.4 Å². The molecule has 30 heavy (non-hydrogen) atoms. The van der Waals surface area contributed by atoms with Crippen LogP contribution in [0, 0.1) is 0 Å². The highest BCUT2D eigenvalue weighted by atomic mass is 16.5. The number of amides is 1. The maximum atomic E-state index is 12.8. The Labute approximate surface area is 177 Å².